The van der Waals surface area contributed by atoms with Crippen LogP contribution >= 0.6 is 0 Å². The van der Waals surface area contributed by atoms with Gasteiger partial charge in [0.05, 0.1) is 0 Å². The fourth-order valence-corrected chi connectivity index (χ4v) is 7.68. The van der Waals surface area contributed by atoms with Crippen LogP contribution in [0.25, 0.3) is 0 Å². The third-order valence-corrected chi connectivity index (χ3v) is 14.6. The highest BCUT2D eigenvalue weighted by Gasteiger charge is 2.45. The van der Waals surface area contributed by atoms with E-state index in [1.54, 1.807) is 14.2 Å². The molecule has 0 N–H and O–H groups in total. The van der Waals surface area contributed by atoms with Crippen LogP contribution in [0, 0.1) is 0 Å². The van der Waals surface area contributed by atoms with Gasteiger partial charge in [-0.15, -0.1) is 0 Å². The van der Waals surface area contributed by atoms with Crippen molar-refractivity contribution in [2.24, 2.45) is 0 Å². The van der Waals surface area contributed by atoms with E-state index >= 15 is 0 Å². The highest BCUT2D eigenvalue weighted by Crippen LogP contribution is 2.19. The summed E-state index contributed by atoms with van der Waals surface area (Å²) in [5.74, 6) is 0.0344. The molecule has 0 aliphatic heterocycles. The summed E-state index contributed by atoms with van der Waals surface area (Å²) in [6.07, 6.45) is 0.488. The van der Waals surface area contributed by atoms with Crippen LogP contribution in [0.4, 0.5) is 0 Å². The minimum Gasteiger partial charge on any atom is -0.398 e. The maximum Gasteiger partial charge on any atom is 0.468 e. The van der Waals surface area contributed by atoms with Crippen LogP contribution in [0.5, 0.6) is 0 Å². The lowest BCUT2D eigenvalue weighted by Gasteiger charge is -2.25. The van der Waals surface area contributed by atoms with E-state index in [4.69, 9.17) is 17.7 Å². The van der Waals surface area contributed by atoms with Crippen LogP contribution in [0.1, 0.15) is 6.42 Å². The van der Waals surface area contributed by atoms with E-state index in [1.165, 1.54) is 20.8 Å². The van der Waals surface area contributed by atoms with Gasteiger partial charge in [0.1, 0.15) is 0 Å². The first-order chi connectivity index (χ1) is 8.20. The summed E-state index contributed by atoms with van der Waals surface area (Å²) in [5.41, 5.74) is 0. The molecule has 0 amide bonds. The Bertz CT molecular complexity index is 337. The first kappa shape index (κ1) is 18.2. The lowest BCUT2D eigenvalue weighted by Crippen LogP contribution is -2.47. The Morgan fingerprint density at radius 2 is 1.33 bits per heavy atom. The Balaban J connectivity index is 4.55. The van der Waals surface area contributed by atoms with Crippen molar-refractivity contribution in [3.8, 4) is 0 Å². The lowest BCUT2D eigenvalue weighted by atomic mass is 10.6. The maximum atomic E-state index is 12.1. The molecule has 18 heavy (non-hydrogen) atoms. The molecule has 6 nitrogen and oxygen atoms in total. The number of hydrogen-bond donors (Lipinski definition) is 0. The van der Waals surface area contributed by atoms with Gasteiger partial charge in [-0.05, 0) is 25.6 Å². The Morgan fingerprint density at radius 3 is 1.67 bits per heavy atom. The largest absolute Gasteiger partial charge is 0.468 e. The second kappa shape index (κ2) is 7.13. The van der Waals surface area contributed by atoms with Gasteiger partial charge in [0, 0.05) is 34.2 Å². The molecule has 0 saturated carbocycles. The fraction of sp³-hybridized carbons (Fsp3) is 1.00. The van der Waals surface area contributed by atoms with Gasteiger partial charge in [-0.3, -0.25) is 0 Å². The highest BCUT2D eigenvalue weighted by atomic mass is 32.4. The summed E-state index contributed by atoms with van der Waals surface area (Å²) in [6, 6.07) is 0.622. The van der Waals surface area contributed by atoms with Gasteiger partial charge in [0.2, 0.25) is 0 Å². The summed E-state index contributed by atoms with van der Waals surface area (Å²) in [7, 11) is -2.77. The predicted molar refractivity (Wildman–Crippen MR) is 74.5 cm³/mol. The second-order valence-corrected chi connectivity index (χ2v) is 16.1. The molecule has 0 radical (unpaired) electrons. The molecule has 0 aromatic carbocycles. The van der Waals surface area contributed by atoms with Crippen molar-refractivity contribution >= 4 is 25.6 Å². The minimum atomic E-state index is -3.36. The van der Waals surface area contributed by atoms with Crippen LogP contribution in [0.2, 0.25) is 19.1 Å². The lowest BCUT2D eigenvalue weighted by molar-refractivity contribution is 0.249. The molecule has 0 fully saturated rings. The van der Waals surface area contributed by atoms with E-state index in [9.17, 15) is 8.42 Å². The topological polar surface area (TPSA) is 71.1 Å². The third kappa shape index (κ3) is 4.40. The predicted octanol–water partition coefficient (Wildman–Crippen LogP) is 1.02. The Morgan fingerprint density at radius 1 is 0.889 bits per heavy atom. The van der Waals surface area contributed by atoms with Gasteiger partial charge in [0.25, 0.3) is 0 Å². The van der Waals surface area contributed by atoms with E-state index in [1.807, 2.05) is 6.55 Å². The maximum absolute atomic E-state index is 12.1. The molecular weight excluding hydrogens is 292 g/mol. The molecule has 0 aromatic heterocycles. The van der Waals surface area contributed by atoms with Gasteiger partial charge in [-0.25, -0.2) is 8.42 Å². The number of rotatable bonds is 9. The van der Waals surface area contributed by atoms with Crippen molar-refractivity contribution in [1.82, 2.24) is 0 Å². The van der Waals surface area contributed by atoms with Crippen molar-refractivity contribution in [3.63, 3.8) is 0 Å². The Kier molecular flexibility index (Phi) is 7.21. The Labute approximate surface area is 112 Å². The van der Waals surface area contributed by atoms with Crippen LogP contribution in [0.15, 0.2) is 0 Å². The summed E-state index contributed by atoms with van der Waals surface area (Å²) >= 11 is 0. The first-order valence-corrected chi connectivity index (χ1v) is 12.8. The van der Waals surface area contributed by atoms with Gasteiger partial charge in [0.15, 0.2) is 9.29 Å². The summed E-state index contributed by atoms with van der Waals surface area (Å²) in [4.78, 5) is 0. The second-order valence-electron chi connectivity index (χ2n) is 4.24. The van der Waals surface area contributed by atoms with Gasteiger partial charge in [-0.2, -0.15) is 0 Å². The normalized spacial score (nSPS) is 13.9. The monoisotopic (exact) mass is 316 g/mol. The van der Waals surface area contributed by atoms with E-state index < -0.39 is 25.6 Å². The zero-order valence-electron chi connectivity index (χ0n) is 12.0. The third-order valence-electron chi connectivity index (χ3n) is 3.21. The van der Waals surface area contributed by atoms with Crippen LogP contribution in [-0.4, -0.2) is 58.9 Å². The zero-order chi connectivity index (χ0) is 14.4. The molecule has 0 aromatic rings. The standard InChI is InChI=1S/C9H24O6SSi2/c1-12-17(5,13-2)9-7-8-16(10,11)18(6,14-3)15-4/h7-9H2,1-6H3. The van der Waals surface area contributed by atoms with Gasteiger partial charge >= 0.3 is 16.3 Å². The quantitative estimate of drug-likeness (QED) is 0.591. The smallest absolute Gasteiger partial charge is 0.398 e. The van der Waals surface area contributed by atoms with Gasteiger partial charge in [-0.1, -0.05) is 0 Å². The molecular formula is C9H24O6SSi2. The van der Waals surface area contributed by atoms with Crippen LogP contribution in [-0.2, 0) is 27.0 Å². The SMILES string of the molecule is CO[Si](C)(CCCS(=O)(=O)[Si](C)(OC)OC)OC. The van der Waals surface area contributed by atoms with Crippen LogP contribution in [0.3, 0.4) is 0 Å². The van der Waals surface area contributed by atoms with E-state index in [2.05, 4.69) is 0 Å². The van der Waals surface area contributed by atoms with E-state index in [0.717, 1.165) is 0 Å². The fourth-order valence-electron chi connectivity index (χ4n) is 1.39. The molecule has 0 unspecified atom stereocenters. The van der Waals surface area contributed by atoms with Crippen molar-refractivity contribution in [3.05, 3.63) is 0 Å². The first-order valence-electron chi connectivity index (χ1n) is 5.63. The van der Waals surface area contributed by atoms with Gasteiger partial charge < -0.3 is 17.7 Å². The summed E-state index contributed by atoms with van der Waals surface area (Å²) in [5, 5.41) is 0. The molecule has 0 heterocycles. The molecule has 0 aliphatic carbocycles. The van der Waals surface area contributed by atoms with E-state index in [0.29, 0.717) is 12.5 Å². The molecule has 0 aliphatic rings. The average Bonchev–Trinajstić information content (AvgIpc) is 2.36. The molecule has 0 spiro atoms. The summed E-state index contributed by atoms with van der Waals surface area (Å²) < 4.78 is 45.0. The van der Waals surface area contributed by atoms with Crippen molar-refractivity contribution in [1.29, 1.82) is 0 Å². The molecule has 9 heteroatoms. The van der Waals surface area contributed by atoms with Crippen molar-refractivity contribution in [2.75, 3.05) is 34.2 Å². The molecule has 0 saturated heterocycles. The van der Waals surface area contributed by atoms with Crippen molar-refractivity contribution < 1.29 is 26.1 Å². The minimum absolute atomic E-state index is 0.0344. The Hall–Kier alpha value is 0.224. The highest BCUT2D eigenvalue weighted by molar-refractivity contribution is 8.20. The molecule has 0 atom stereocenters. The van der Waals surface area contributed by atoms with Crippen molar-refractivity contribution in [2.45, 2.75) is 25.6 Å². The zero-order valence-corrected chi connectivity index (χ0v) is 14.8. The molecule has 0 rings (SSSR count). The summed E-state index contributed by atoms with van der Waals surface area (Å²) in [6.45, 7) is 3.44. The molecule has 0 bridgehead atoms. The van der Waals surface area contributed by atoms with Crippen LogP contribution < -0.4 is 0 Å². The number of hydrogen-bond acceptors (Lipinski definition) is 6. The average molecular weight is 317 g/mol. The van der Waals surface area contributed by atoms with E-state index in [-0.39, 0.29) is 5.75 Å². The molecule has 110 valence electrons.